The molecule has 0 N–H and O–H groups in total. The zero-order chi connectivity index (χ0) is 23.3. The Balaban J connectivity index is 1.42. The Morgan fingerprint density at radius 2 is 1.88 bits per heavy atom. The van der Waals surface area contributed by atoms with E-state index in [1.807, 2.05) is 24.3 Å². The van der Waals surface area contributed by atoms with E-state index in [4.69, 9.17) is 9.47 Å². The molecule has 0 atom stereocenters. The number of benzene rings is 2. The largest absolute Gasteiger partial charge is 0.383 e. The van der Waals surface area contributed by atoms with Gasteiger partial charge in [-0.25, -0.2) is 13.4 Å². The zero-order valence-corrected chi connectivity index (χ0v) is 20.1. The molecular formula is C23H27N3O5S2. The predicted octanol–water partition coefficient (Wildman–Crippen LogP) is 2.93. The maximum Gasteiger partial charge on any atom is 0.243 e. The van der Waals surface area contributed by atoms with Crippen molar-refractivity contribution in [2.75, 3.05) is 51.5 Å². The molecule has 8 nitrogen and oxygen atoms in total. The monoisotopic (exact) mass is 489 g/mol. The number of anilines is 1. The molecule has 1 amide bonds. The first-order chi connectivity index (χ1) is 16.0. The minimum Gasteiger partial charge on any atom is -0.383 e. The number of sulfonamides is 1. The first-order valence-electron chi connectivity index (χ1n) is 10.8. The average molecular weight is 490 g/mol. The minimum absolute atomic E-state index is 0.0453. The fourth-order valence-corrected chi connectivity index (χ4v) is 6.05. The molecule has 1 fully saturated rings. The number of methoxy groups -OCH3 is 1. The number of carbonyl (C=O) groups excluding carboxylic acids is 1. The number of aromatic nitrogens is 1. The Hall–Kier alpha value is -2.37. The lowest BCUT2D eigenvalue weighted by Crippen LogP contribution is -2.40. The number of ether oxygens (including phenoxy) is 2. The van der Waals surface area contributed by atoms with Crippen LogP contribution in [0.5, 0.6) is 0 Å². The van der Waals surface area contributed by atoms with E-state index < -0.39 is 10.0 Å². The Labute approximate surface area is 197 Å². The van der Waals surface area contributed by atoms with Crippen molar-refractivity contribution in [1.29, 1.82) is 0 Å². The van der Waals surface area contributed by atoms with Gasteiger partial charge in [0.05, 0.1) is 41.5 Å². The highest BCUT2D eigenvalue weighted by molar-refractivity contribution is 7.89. The summed E-state index contributed by atoms with van der Waals surface area (Å²) in [7, 11) is -1.92. The smallest absolute Gasteiger partial charge is 0.243 e. The Morgan fingerprint density at radius 3 is 2.58 bits per heavy atom. The normalized spacial score (nSPS) is 15.1. The van der Waals surface area contributed by atoms with Crippen molar-refractivity contribution in [2.24, 2.45) is 0 Å². The third kappa shape index (κ3) is 5.59. The summed E-state index contributed by atoms with van der Waals surface area (Å²) in [6.07, 6.45) is 0.792. The second-order valence-electron chi connectivity index (χ2n) is 7.66. The van der Waals surface area contributed by atoms with Gasteiger partial charge in [-0.2, -0.15) is 4.31 Å². The molecule has 0 bridgehead atoms. The van der Waals surface area contributed by atoms with E-state index in [9.17, 15) is 13.2 Å². The van der Waals surface area contributed by atoms with Crippen LogP contribution in [0.25, 0.3) is 10.2 Å². The summed E-state index contributed by atoms with van der Waals surface area (Å²) in [4.78, 5) is 19.6. The molecule has 1 aliphatic heterocycles. The number of nitrogens with zero attached hydrogens (tertiary/aromatic N) is 3. The lowest BCUT2D eigenvalue weighted by Gasteiger charge is -2.26. The second kappa shape index (κ2) is 10.7. The summed E-state index contributed by atoms with van der Waals surface area (Å²) in [5.74, 6) is -0.0453. The van der Waals surface area contributed by atoms with Gasteiger partial charge in [0.15, 0.2) is 5.13 Å². The summed E-state index contributed by atoms with van der Waals surface area (Å²) in [6, 6.07) is 14.6. The van der Waals surface area contributed by atoms with E-state index in [0.29, 0.717) is 51.0 Å². The first-order valence-corrected chi connectivity index (χ1v) is 13.1. The van der Waals surface area contributed by atoms with Crippen LogP contribution in [0, 0.1) is 0 Å². The number of fused-ring (bicyclic) bond motifs is 1. The van der Waals surface area contributed by atoms with Crippen LogP contribution in [0.3, 0.4) is 0 Å². The van der Waals surface area contributed by atoms with Crippen molar-refractivity contribution >= 4 is 42.6 Å². The molecule has 3 aromatic rings. The molecular weight excluding hydrogens is 462 g/mol. The van der Waals surface area contributed by atoms with E-state index in [1.54, 1.807) is 36.3 Å². The summed E-state index contributed by atoms with van der Waals surface area (Å²) in [5, 5.41) is 0.658. The van der Waals surface area contributed by atoms with Gasteiger partial charge in [0.1, 0.15) is 0 Å². The molecule has 0 aliphatic carbocycles. The van der Waals surface area contributed by atoms with Gasteiger partial charge in [-0.1, -0.05) is 35.6 Å². The second-order valence-corrected chi connectivity index (χ2v) is 10.6. The molecule has 2 heterocycles. The van der Waals surface area contributed by atoms with Crippen LogP contribution in [0.2, 0.25) is 0 Å². The maximum atomic E-state index is 13.1. The quantitative estimate of drug-likeness (QED) is 0.459. The number of hydrogen-bond donors (Lipinski definition) is 0. The third-order valence-electron chi connectivity index (χ3n) is 5.49. The average Bonchev–Trinajstić information content (AvgIpc) is 3.27. The van der Waals surface area contributed by atoms with E-state index in [1.165, 1.54) is 15.6 Å². The zero-order valence-electron chi connectivity index (χ0n) is 18.5. The van der Waals surface area contributed by atoms with Crippen molar-refractivity contribution in [3.63, 3.8) is 0 Å². The van der Waals surface area contributed by atoms with Gasteiger partial charge in [-0.3, -0.25) is 9.69 Å². The summed E-state index contributed by atoms with van der Waals surface area (Å²) < 4.78 is 38.5. The van der Waals surface area contributed by atoms with Gasteiger partial charge < -0.3 is 9.47 Å². The summed E-state index contributed by atoms with van der Waals surface area (Å²) in [5.41, 5.74) is 1.77. The van der Waals surface area contributed by atoms with Crippen LogP contribution in [0.15, 0.2) is 53.4 Å². The van der Waals surface area contributed by atoms with E-state index in [0.717, 1.165) is 15.8 Å². The molecule has 1 saturated heterocycles. The molecule has 1 aliphatic rings. The third-order valence-corrected chi connectivity index (χ3v) is 8.46. The number of para-hydroxylation sites is 1. The van der Waals surface area contributed by atoms with Crippen molar-refractivity contribution in [1.82, 2.24) is 9.29 Å². The number of morpholine rings is 1. The lowest BCUT2D eigenvalue weighted by atomic mass is 10.1. The Kier molecular flexibility index (Phi) is 7.71. The van der Waals surface area contributed by atoms with Crippen LogP contribution >= 0.6 is 11.3 Å². The molecule has 0 spiro atoms. The highest BCUT2D eigenvalue weighted by atomic mass is 32.2. The Morgan fingerprint density at radius 1 is 1.15 bits per heavy atom. The van der Waals surface area contributed by atoms with Crippen molar-refractivity contribution in [2.45, 2.75) is 17.7 Å². The fourth-order valence-electron chi connectivity index (χ4n) is 3.64. The highest BCUT2D eigenvalue weighted by Crippen LogP contribution is 2.29. The van der Waals surface area contributed by atoms with Crippen molar-refractivity contribution in [3.05, 3.63) is 54.1 Å². The van der Waals surface area contributed by atoms with Crippen molar-refractivity contribution < 1.29 is 22.7 Å². The van der Waals surface area contributed by atoms with Crippen molar-refractivity contribution in [3.8, 4) is 0 Å². The van der Waals surface area contributed by atoms with Crippen LogP contribution in [-0.4, -0.2) is 70.2 Å². The van der Waals surface area contributed by atoms with Gasteiger partial charge in [0, 0.05) is 26.6 Å². The summed E-state index contributed by atoms with van der Waals surface area (Å²) >= 11 is 1.48. The lowest BCUT2D eigenvalue weighted by molar-refractivity contribution is -0.118. The summed E-state index contributed by atoms with van der Waals surface area (Å²) in [6.45, 7) is 2.38. The van der Waals surface area contributed by atoms with Gasteiger partial charge in [-0.15, -0.1) is 0 Å². The molecule has 176 valence electrons. The van der Waals surface area contributed by atoms with E-state index in [-0.39, 0.29) is 17.2 Å². The first kappa shape index (κ1) is 23.8. The molecule has 1 aromatic heterocycles. The van der Waals surface area contributed by atoms with Crippen LogP contribution in [-0.2, 0) is 30.7 Å². The van der Waals surface area contributed by atoms with Gasteiger partial charge in [0.2, 0.25) is 15.9 Å². The molecule has 0 radical (unpaired) electrons. The predicted molar refractivity (Wildman–Crippen MR) is 128 cm³/mol. The number of carbonyl (C=O) groups is 1. The number of aryl methyl sites for hydroxylation is 1. The van der Waals surface area contributed by atoms with E-state index in [2.05, 4.69) is 4.98 Å². The van der Waals surface area contributed by atoms with E-state index >= 15 is 0 Å². The molecule has 33 heavy (non-hydrogen) atoms. The minimum atomic E-state index is -3.53. The van der Waals surface area contributed by atoms with Gasteiger partial charge in [0.25, 0.3) is 0 Å². The number of hydrogen-bond acceptors (Lipinski definition) is 7. The molecule has 0 saturated carbocycles. The van der Waals surface area contributed by atoms with Crippen LogP contribution in [0.4, 0.5) is 5.13 Å². The number of rotatable bonds is 9. The van der Waals surface area contributed by atoms with Crippen LogP contribution < -0.4 is 4.90 Å². The standard InChI is InChI=1S/C23H27N3O5S2/c1-30-15-14-26(23-24-20-4-2-3-5-21(20)32-23)22(27)11-8-18-6-9-19(10-7-18)33(28,29)25-12-16-31-17-13-25/h2-7,9-10H,8,11-17H2,1H3. The van der Waals surface area contributed by atoms with Crippen LogP contribution in [0.1, 0.15) is 12.0 Å². The molecule has 2 aromatic carbocycles. The number of amides is 1. The Bertz CT molecular complexity index is 1160. The van der Waals surface area contributed by atoms with Gasteiger partial charge in [-0.05, 0) is 36.2 Å². The molecule has 10 heteroatoms. The SMILES string of the molecule is COCCN(C(=O)CCc1ccc(S(=O)(=O)N2CCOCC2)cc1)c1nc2ccccc2s1. The molecule has 0 unspecified atom stereocenters. The highest BCUT2D eigenvalue weighted by Gasteiger charge is 2.26. The number of thiazole rings is 1. The fraction of sp³-hybridized carbons (Fsp3) is 0.391. The van der Waals surface area contributed by atoms with Gasteiger partial charge >= 0.3 is 0 Å². The molecule has 4 rings (SSSR count). The maximum absolute atomic E-state index is 13.1. The topological polar surface area (TPSA) is 89.0 Å².